The number of carbonyl (C=O) groups excluding carboxylic acids is 1. The molecule has 2 aromatic rings. The first kappa shape index (κ1) is 19.2. The maximum Gasteiger partial charge on any atom is 0.244 e. The van der Waals surface area contributed by atoms with E-state index in [1.807, 2.05) is 18.2 Å². The van der Waals surface area contributed by atoms with E-state index in [0.29, 0.717) is 5.02 Å². The number of pyridine rings is 1. The Hall–Kier alpha value is -1.61. The molecule has 1 atom stereocenters. The van der Waals surface area contributed by atoms with E-state index in [1.54, 1.807) is 17.8 Å². The predicted octanol–water partition coefficient (Wildman–Crippen LogP) is 2.71. The summed E-state index contributed by atoms with van der Waals surface area (Å²) in [4.78, 5) is 17.4. The molecule has 0 bridgehead atoms. The van der Waals surface area contributed by atoms with Crippen molar-refractivity contribution < 1.29 is 13.2 Å². The molecule has 1 aromatic heterocycles. The lowest BCUT2D eigenvalue weighted by Crippen LogP contribution is -2.40. The van der Waals surface area contributed by atoms with Crippen LogP contribution in [0.2, 0.25) is 5.02 Å². The lowest BCUT2D eigenvalue weighted by Gasteiger charge is -2.27. The first-order valence-corrected chi connectivity index (χ1v) is 10.8. The van der Waals surface area contributed by atoms with Crippen molar-refractivity contribution in [2.45, 2.75) is 22.3 Å². The van der Waals surface area contributed by atoms with Crippen LogP contribution in [0, 0.1) is 0 Å². The van der Waals surface area contributed by atoms with E-state index < -0.39 is 10.0 Å². The largest absolute Gasteiger partial charge is 0.348 e. The third kappa shape index (κ3) is 4.20. The van der Waals surface area contributed by atoms with E-state index in [4.69, 9.17) is 11.6 Å². The number of fused-ring (bicyclic) bond motifs is 1. The van der Waals surface area contributed by atoms with Gasteiger partial charge >= 0.3 is 0 Å². The van der Waals surface area contributed by atoms with Gasteiger partial charge in [0, 0.05) is 35.1 Å². The number of halogens is 1. The average molecular weight is 412 g/mol. The number of sulfonamides is 1. The molecule has 3 rings (SSSR count). The highest BCUT2D eigenvalue weighted by Gasteiger charge is 2.26. The Morgan fingerprint density at radius 3 is 2.96 bits per heavy atom. The molecule has 0 saturated heterocycles. The van der Waals surface area contributed by atoms with Crippen LogP contribution in [0.15, 0.2) is 52.5 Å². The van der Waals surface area contributed by atoms with Crippen molar-refractivity contribution in [1.82, 2.24) is 14.6 Å². The Morgan fingerprint density at radius 2 is 2.23 bits per heavy atom. The quantitative estimate of drug-likeness (QED) is 0.818. The van der Waals surface area contributed by atoms with E-state index in [2.05, 4.69) is 10.3 Å². The van der Waals surface area contributed by atoms with E-state index in [-0.39, 0.29) is 23.4 Å². The molecule has 9 heteroatoms. The topological polar surface area (TPSA) is 79.4 Å². The van der Waals surface area contributed by atoms with Crippen molar-refractivity contribution in [2.24, 2.45) is 0 Å². The summed E-state index contributed by atoms with van der Waals surface area (Å²) in [5.74, 6) is 0.520. The van der Waals surface area contributed by atoms with Crippen molar-refractivity contribution in [1.29, 1.82) is 0 Å². The van der Waals surface area contributed by atoms with Crippen LogP contribution in [-0.2, 0) is 14.8 Å². The van der Waals surface area contributed by atoms with Crippen LogP contribution in [0.25, 0.3) is 0 Å². The zero-order valence-electron chi connectivity index (χ0n) is 14.1. The summed E-state index contributed by atoms with van der Waals surface area (Å²) in [6, 6.07) is 8.44. The molecule has 0 saturated carbocycles. The van der Waals surface area contributed by atoms with Gasteiger partial charge in [0.25, 0.3) is 0 Å². The summed E-state index contributed by atoms with van der Waals surface area (Å²) in [6.07, 6.45) is 3.53. The molecule has 2 heterocycles. The van der Waals surface area contributed by atoms with Crippen LogP contribution in [0.1, 0.15) is 18.0 Å². The maximum absolute atomic E-state index is 12.5. The minimum atomic E-state index is -3.76. The van der Waals surface area contributed by atoms with Gasteiger partial charge in [0.15, 0.2) is 0 Å². The Morgan fingerprint density at radius 1 is 1.42 bits per heavy atom. The molecular formula is C17H18ClN3O3S2. The first-order valence-electron chi connectivity index (χ1n) is 7.96. The number of aromatic nitrogens is 1. The lowest BCUT2D eigenvalue weighted by atomic mass is 10.0. The minimum Gasteiger partial charge on any atom is -0.348 e. The van der Waals surface area contributed by atoms with Crippen molar-refractivity contribution in [2.75, 3.05) is 19.3 Å². The molecule has 1 amide bonds. The summed E-state index contributed by atoms with van der Waals surface area (Å²) in [5, 5.41) is 3.54. The number of hydrogen-bond donors (Lipinski definition) is 1. The van der Waals surface area contributed by atoms with Crippen LogP contribution in [0.3, 0.4) is 0 Å². The molecule has 0 radical (unpaired) electrons. The fourth-order valence-corrected chi connectivity index (χ4v) is 5.10. The van der Waals surface area contributed by atoms with Crippen molar-refractivity contribution in [3.8, 4) is 0 Å². The maximum atomic E-state index is 12.5. The Balaban J connectivity index is 1.69. The number of nitrogens with one attached hydrogen (secondary N) is 1. The highest BCUT2D eigenvalue weighted by Crippen LogP contribution is 2.37. The van der Waals surface area contributed by atoms with Gasteiger partial charge in [0.2, 0.25) is 15.9 Å². The van der Waals surface area contributed by atoms with Gasteiger partial charge in [-0.05, 0) is 42.3 Å². The fraction of sp³-hybridized carbons (Fsp3) is 0.294. The number of carbonyl (C=O) groups is 1. The summed E-state index contributed by atoms with van der Waals surface area (Å²) in [5.41, 5.74) is 0.972. The van der Waals surface area contributed by atoms with Gasteiger partial charge in [-0.1, -0.05) is 11.6 Å². The third-order valence-electron chi connectivity index (χ3n) is 4.06. The van der Waals surface area contributed by atoms with Gasteiger partial charge in [-0.2, -0.15) is 4.31 Å². The number of amides is 1. The second kappa shape index (κ2) is 7.96. The summed E-state index contributed by atoms with van der Waals surface area (Å²) >= 11 is 7.80. The molecule has 0 spiro atoms. The number of hydrogen-bond acceptors (Lipinski definition) is 5. The molecule has 0 aliphatic carbocycles. The Labute approximate surface area is 162 Å². The number of benzene rings is 1. The molecule has 1 aromatic carbocycles. The van der Waals surface area contributed by atoms with Crippen LogP contribution in [0.4, 0.5) is 0 Å². The van der Waals surface area contributed by atoms with E-state index in [9.17, 15) is 13.2 Å². The van der Waals surface area contributed by atoms with Crippen molar-refractivity contribution in [3.05, 3.63) is 53.3 Å². The normalized spacial score (nSPS) is 17.0. The van der Waals surface area contributed by atoms with Gasteiger partial charge in [0.05, 0.1) is 12.6 Å². The molecule has 6 nitrogen and oxygen atoms in total. The molecule has 138 valence electrons. The zero-order chi connectivity index (χ0) is 18.7. The Kier molecular flexibility index (Phi) is 5.86. The van der Waals surface area contributed by atoms with E-state index in [0.717, 1.165) is 26.9 Å². The molecule has 1 N–H and O–H groups in total. The molecule has 1 aliphatic rings. The minimum absolute atomic E-state index is 0.0569. The van der Waals surface area contributed by atoms with Crippen molar-refractivity contribution >= 4 is 39.3 Å². The van der Waals surface area contributed by atoms with Gasteiger partial charge in [0.1, 0.15) is 4.90 Å². The molecule has 26 heavy (non-hydrogen) atoms. The number of rotatable bonds is 5. The lowest BCUT2D eigenvalue weighted by molar-refractivity contribution is -0.121. The zero-order valence-corrected chi connectivity index (χ0v) is 16.4. The van der Waals surface area contributed by atoms with Crippen LogP contribution >= 0.6 is 23.4 Å². The predicted molar refractivity (Wildman–Crippen MR) is 102 cm³/mol. The van der Waals surface area contributed by atoms with Crippen LogP contribution in [0.5, 0.6) is 0 Å². The SMILES string of the molecule is CN(CC(=O)N[C@H]1CCSc2ccc(Cl)cc21)S(=O)(=O)c1cccnc1. The van der Waals surface area contributed by atoms with Gasteiger partial charge < -0.3 is 5.32 Å². The van der Waals surface area contributed by atoms with Crippen LogP contribution in [-0.4, -0.2) is 43.0 Å². The molecule has 1 aliphatic heterocycles. The third-order valence-corrected chi connectivity index (χ3v) is 7.20. The average Bonchev–Trinajstić information content (AvgIpc) is 2.63. The number of likely N-dealkylation sites (N-methyl/N-ethyl adjacent to an activating group) is 1. The summed E-state index contributed by atoms with van der Waals surface area (Å²) in [6.45, 7) is -0.267. The second-order valence-corrected chi connectivity index (χ2v) is 9.51. The van der Waals surface area contributed by atoms with Crippen molar-refractivity contribution in [3.63, 3.8) is 0 Å². The van der Waals surface area contributed by atoms with Crippen LogP contribution < -0.4 is 5.32 Å². The second-order valence-electron chi connectivity index (χ2n) is 5.89. The van der Waals surface area contributed by atoms with Gasteiger partial charge in [-0.15, -0.1) is 11.8 Å². The van der Waals surface area contributed by atoms with Gasteiger partial charge in [-0.25, -0.2) is 8.42 Å². The number of nitrogens with zero attached hydrogens (tertiary/aromatic N) is 2. The monoisotopic (exact) mass is 411 g/mol. The Bertz CT molecular complexity index is 907. The fourth-order valence-electron chi connectivity index (χ4n) is 2.72. The summed E-state index contributed by atoms with van der Waals surface area (Å²) in [7, 11) is -2.38. The highest BCUT2D eigenvalue weighted by molar-refractivity contribution is 7.99. The van der Waals surface area contributed by atoms with Gasteiger partial charge in [-0.3, -0.25) is 9.78 Å². The molecular weight excluding hydrogens is 394 g/mol. The van der Waals surface area contributed by atoms with E-state index in [1.165, 1.54) is 25.5 Å². The smallest absolute Gasteiger partial charge is 0.244 e. The highest BCUT2D eigenvalue weighted by atomic mass is 35.5. The summed E-state index contributed by atoms with van der Waals surface area (Å²) < 4.78 is 26.0. The number of thioether (sulfide) groups is 1. The molecule has 0 fully saturated rings. The van der Waals surface area contributed by atoms with E-state index >= 15 is 0 Å². The first-order chi connectivity index (χ1) is 12.4. The molecule has 0 unspecified atom stereocenters. The standard InChI is InChI=1S/C17H18ClN3O3S2/c1-21(26(23,24)13-3-2-7-19-10-13)11-17(22)20-15-6-8-25-16-5-4-12(18)9-14(15)16/h2-5,7,9-10,15H,6,8,11H2,1H3,(H,20,22)/t15-/m0/s1.